The SMILES string of the molecule is C.CC(C)(C)c1ccc(C[C@H]2CO[C@H](c3ccc(F)cc3)[C@H]2CO)cc1. The minimum absolute atomic E-state index is 0. The second-order valence-electron chi connectivity index (χ2n) is 8.06. The van der Waals surface area contributed by atoms with Gasteiger partial charge in [-0.25, -0.2) is 4.39 Å². The molecule has 0 unspecified atom stereocenters. The maximum atomic E-state index is 13.1. The Bertz CT molecular complexity index is 686. The van der Waals surface area contributed by atoms with Crippen molar-refractivity contribution in [3.63, 3.8) is 0 Å². The molecule has 1 N–H and O–H groups in total. The number of benzene rings is 2. The Morgan fingerprint density at radius 2 is 1.65 bits per heavy atom. The summed E-state index contributed by atoms with van der Waals surface area (Å²) < 4.78 is 19.1. The normalized spacial score (nSPS) is 22.9. The van der Waals surface area contributed by atoms with Gasteiger partial charge in [-0.3, -0.25) is 0 Å². The van der Waals surface area contributed by atoms with Crippen molar-refractivity contribution in [2.24, 2.45) is 11.8 Å². The molecule has 2 aromatic rings. The van der Waals surface area contributed by atoms with E-state index in [9.17, 15) is 9.50 Å². The lowest BCUT2D eigenvalue weighted by Gasteiger charge is -2.22. The predicted octanol–water partition coefficient (Wildman–Crippen LogP) is 5.30. The molecule has 142 valence electrons. The highest BCUT2D eigenvalue weighted by Gasteiger charge is 2.37. The van der Waals surface area contributed by atoms with Crippen molar-refractivity contribution >= 4 is 0 Å². The zero-order valence-corrected chi connectivity index (χ0v) is 15.2. The Balaban J connectivity index is 0.00000243. The molecule has 3 atom stereocenters. The average Bonchev–Trinajstić information content (AvgIpc) is 2.98. The molecule has 26 heavy (non-hydrogen) atoms. The van der Waals surface area contributed by atoms with Gasteiger partial charge in [-0.05, 0) is 46.6 Å². The quantitative estimate of drug-likeness (QED) is 0.804. The Morgan fingerprint density at radius 1 is 1.04 bits per heavy atom. The van der Waals surface area contributed by atoms with Gasteiger partial charge in [0.2, 0.25) is 0 Å². The van der Waals surface area contributed by atoms with Crippen LogP contribution in [0.3, 0.4) is 0 Å². The fourth-order valence-electron chi connectivity index (χ4n) is 3.62. The van der Waals surface area contributed by atoms with Crippen LogP contribution in [0.15, 0.2) is 48.5 Å². The molecule has 0 aliphatic carbocycles. The molecule has 2 aromatic carbocycles. The Labute approximate surface area is 157 Å². The molecule has 0 aromatic heterocycles. The number of aliphatic hydroxyl groups excluding tert-OH is 1. The molecular formula is C23H31FO2. The van der Waals surface area contributed by atoms with E-state index in [-0.39, 0.29) is 43.2 Å². The van der Waals surface area contributed by atoms with Gasteiger partial charge in [0, 0.05) is 12.5 Å². The molecule has 0 bridgehead atoms. The van der Waals surface area contributed by atoms with Crippen molar-refractivity contribution < 1.29 is 14.2 Å². The van der Waals surface area contributed by atoms with Gasteiger partial charge in [-0.1, -0.05) is 64.6 Å². The molecule has 1 saturated heterocycles. The number of halogens is 1. The third-order valence-corrected chi connectivity index (χ3v) is 5.21. The van der Waals surface area contributed by atoms with Gasteiger partial charge in [0.1, 0.15) is 5.82 Å². The first-order valence-electron chi connectivity index (χ1n) is 8.96. The van der Waals surface area contributed by atoms with E-state index in [2.05, 4.69) is 45.0 Å². The standard InChI is InChI=1S/C22H27FO2.CH4/c1-22(2,3)18-8-4-15(5-9-18)12-17-14-25-21(20(17)13-24)16-6-10-19(23)11-7-16;/h4-11,17,20-21,24H,12-14H2,1-3H3;1H4/t17-,20-,21+;/m0./s1. The maximum Gasteiger partial charge on any atom is 0.123 e. The Morgan fingerprint density at radius 3 is 2.19 bits per heavy atom. The van der Waals surface area contributed by atoms with Crippen molar-refractivity contribution in [3.05, 3.63) is 71.0 Å². The van der Waals surface area contributed by atoms with Crippen LogP contribution >= 0.6 is 0 Å². The minimum Gasteiger partial charge on any atom is -0.396 e. The molecule has 2 nitrogen and oxygen atoms in total. The van der Waals surface area contributed by atoms with E-state index in [0.717, 1.165) is 12.0 Å². The summed E-state index contributed by atoms with van der Waals surface area (Å²) in [7, 11) is 0. The van der Waals surface area contributed by atoms with Crippen LogP contribution in [-0.2, 0) is 16.6 Å². The predicted molar refractivity (Wildman–Crippen MR) is 105 cm³/mol. The van der Waals surface area contributed by atoms with Crippen LogP contribution in [-0.4, -0.2) is 18.3 Å². The van der Waals surface area contributed by atoms with E-state index < -0.39 is 0 Å². The topological polar surface area (TPSA) is 29.5 Å². The molecule has 1 fully saturated rings. The van der Waals surface area contributed by atoms with E-state index >= 15 is 0 Å². The smallest absolute Gasteiger partial charge is 0.123 e. The molecule has 0 radical (unpaired) electrons. The van der Waals surface area contributed by atoms with Gasteiger partial charge in [-0.15, -0.1) is 0 Å². The van der Waals surface area contributed by atoms with E-state index in [4.69, 9.17) is 4.74 Å². The Hall–Kier alpha value is -1.71. The largest absolute Gasteiger partial charge is 0.396 e. The molecule has 0 saturated carbocycles. The summed E-state index contributed by atoms with van der Waals surface area (Å²) in [6, 6.07) is 15.2. The fraction of sp³-hybridized carbons (Fsp3) is 0.478. The number of ether oxygens (including phenoxy) is 1. The van der Waals surface area contributed by atoms with E-state index in [1.165, 1.54) is 23.3 Å². The highest BCUT2D eigenvalue weighted by molar-refractivity contribution is 5.28. The summed E-state index contributed by atoms with van der Waals surface area (Å²) >= 11 is 0. The minimum atomic E-state index is -0.252. The van der Waals surface area contributed by atoms with Crippen LogP contribution in [0.2, 0.25) is 0 Å². The van der Waals surface area contributed by atoms with Crippen LogP contribution < -0.4 is 0 Å². The average molecular weight is 358 g/mol. The van der Waals surface area contributed by atoms with Crippen LogP contribution in [0, 0.1) is 17.7 Å². The fourth-order valence-corrected chi connectivity index (χ4v) is 3.62. The molecule has 0 amide bonds. The van der Waals surface area contributed by atoms with E-state index in [1.54, 1.807) is 12.1 Å². The van der Waals surface area contributed by atoms with E-state index in [0.29, 0.717) is 6.61 Å². The zero-order valence-electron chi connectivity index (χ0n) is 15.2. The number of aliphatic hydroxyl groups is 1. The lowest BCUT2D eigenvalue weighted by atomic mass is 9.83. The van der Waals surface area contributed by atoms with Crippen LogP contribution in [0.25, 0.3) is 0 Å². The van der Waals surface area contributed by atoms with Crippen molar-refractivity contribution in [3.8, 4) is 0 Å². The molecule has 1 aliphatic heterocycles. The van der Waals surface area contributed by atoms with Gasteiger partial charge < -0.3 is 9.84 Å². The van der Waals surface area contributed by atoms with Gasteiger partial charge in [0.05, 0.1) is 12.7 Å². The first-order valence-corrected chi connectivity index (χ1v) is 8.96. The molecule has 3 rings (SSSR count). The van der Waals surface area contributed by atoms with Gasteiger partial charge >= 0.3 is 0 Å². The highest BCUT2D eigenvalue weighted by atomic mass is 19.1. The van der Waals surface area contributed by atoms with Crippen molar-refractivity contribution in [1.29, 1.82) is 0 Å². The van der Waals surface area contributed by atoms with E-state index in [1.807, 2.05) is 0 Å². The summed E-state index contributed by atoms with van der Waals surface area (Å²) in [5.74, 6) is 0.0473. The monoisotopic (exact) mass is 358 g/mol. The maximum absolute atomic E-state index is 13.1. The van der Waals surface area contributed by atoms with Crippen molar-refractivity contribution in [2.45, 2.75) is 46.1 Å². The third-order valence-electron chi connectivity index (χ3n) is 5.21. The number of hydrogen-bond donors (Lipinski definition) is 1. The first-order chi connectivity index (χ1) is 11.9. The molecule has 1 heterocycles. The molecular weight excluding hydrogens is 327 g/mol. The van der Waals surface area contributed by atoms with Gasteiger partial charge in [-0.2, -0.15) is 0 Å². The van der Waals surface area contributed by atoms with Crippen LogP contribution in [0.1, 0.15) is 51.0 Å². The van der Waals surface area contributed by atoms with Crippen molar-refractivity contribution in [2.75, 3.05) is 13.2 Å². The summed E-state index contributed by atoms with van der Waals surface area (Å²) in [5, 5.41) is 9.90. The molecule has 1 aliphatic rings. The lowest BCUT2D eigenvalue weighted by Crippen LogP contribution is -2.21. The second kappa shape index (κ2) is 8.32. The van der Waals surface area contributed by atoms with Crippen LogP contribution in [0.5, 0.6) is 0 Å². The number of rotatable bonds is 4. The Kier molecular flexibility index (Phi) is 6.59. The van der Waals surface area contributed by atoms with Gasteiger partial charge in [0.25, 0.3) is 0 Å². The molecule has 3 heteroatoms. The second-order valence-corrected chi connectivity index (χ2v) is 8.06. The summed E-state index contributed by atoms with van der Waals surface area (Å²) in [5.41, 5.74) is 3.67. The summed E-state index contributed by atoms with van der Waals surface area (Å²) in [4.78, 5) is 0. The first kappa shape index (κ1) is 20.6. The van der Waals surface area contributed by atoms with Gasteiger partial charge in [0.15, 0.2) is 0 Å². The number of hydrogen-bond acceptors (Lipinski definition) is 2. The zero-order chi connectivity index (χ0) is 18.0. The lowest BCUT2D eigenvalue weighted by molar-refractivity contribution is 0.0718. The third kappa shape index (κ3) is 4.52. The summed E-state index contributed by atoms with van der Waals surface area (Å²) in [6.45, 7) is 7.33. The van der Waals surface area contributed by atoms with Crippen LogP contribution in [0.4, 0.5) is 4.39 Å². The highest BCUT2D eigenvalue weighted by Crippen LogP contribution is 2.39. The summed E-state index contributed by atoms with van der Waals surface area (Å²) in [6.07, 6.45) is 0.720. The molecule has 0 spiro atoms. The van der Waals surface area contributed by atoms with Crippen molar-refractivity contribution in [1.82, 2.24) is 0 Å².